The van der Waals surface area contributed by atoms with E-state index in [9.17, 15) is 0 Å². The predicted molar refractivity (Wildman–Crippen MR) is 46.0 cm³/mol. The van der Waals surface area contributed by atoms with Gasteiger partial charge in [0, 0.05) is 13.1 Å². The Morgan fingerprint density at radius 2 is 2.30 bits per heavy atom. The molecule has 0 radical (unpaired) electrons. The van der Waals surface area contributed by atoms with Gasteiger partial charge in [0.2, 0.25) is 0 Å². The molecule has 10 heavy (non-hydrogen) atoms. The molecule has 0 aromatic heterocycles. The number of aliphatic hydroxyl groups excluding tert-OH is 1. The summed E-state index contributed by atoms with van der Waals surface area (Å²) in [7, 11) is 1.87. The molecule has 1 atom stereocenters. The van der Waals surface area contributed by atoms with Gasteiger partial charge in [-0.15, -0.1) is 0 Å². The first-order chi connectivity index (χ1) is 4.52. The zero-order chi connectivity index (χ0) is 8.15. The van der Waals surface area contributed by atoms with Crippen molar-refractivity contribution in [2.45, 2.75) is 13.0 Å². The number of rotatable bonds is 4. The summed E-state index contributed by atoms with van der Waals surface area (Å²) in [6.07, 6.45) is -0.320. The summed E-state index contributed by atoms with van der Waals surface area (Å²) in [5, 5.41) is 8.91. The van der Waals surface area contributed by atoms with E-state index in [2.05, 4.69) is 12.2 Å². The van der Waals surface area contributed by atoms with E-state index in [1.54, 1.807) is 6.92 Å². The number of thiocarbonyl (C=S) groups is 1. The van der Waals surface area contributed by atoms with E-state index in [1.807, 2.05) is 11.9 Å². The maximum absolute atomic E-state index is 8.91. The molecule has 3 nitrogen and oxygen atoms in total. The Hall–Kier alpha value is -0.190. The van der Waals surface area contributed by atoms with Crippen LogP contribution in [0.3, 0.4) is 0 Å². The third-order valence-electron chi connectivity index (χ3n) is 1.00. The molecular formula is C6H14N2OS. The van der Waals surface area contributed by atoms with Crippen LogP contribution in [0.15, 0.2) is 0 Å². The normalized spacial score (nSPS) is 13.6. The molecule has 1 unspecified atom stereocenters. The van der Waals surface area contributed by atoms with Gasteiger partial charge in [0.05, 0.1) is 11.1 Å². The average molecular weight is 162 g/mol. The van der Waals surface area contributed by atoms with Crippen LogP contribution in [0.1, 0.15) is 6.92 Å². The van der Waals surface area contributed by atoms with Gasteiger partial charge in [0.25, 0.3) is 0 Å². The lowest BCUT2D eigenvalue weighted by Gasteiger charge is -2.16. The Labute approximate surface area is 66.8 Å². The molecule has 3 N–H and O–H groups in total. The molecular weight excluding hydrogens is 148 g/mol. The van der Waals surface area contributed by atoms with Gasteiger partial charge in [-0.2, -0.15) is 0 Å². The Kier molecular flexibility index (Phi) is 4.51. The average Bonchev–Trinajstić information content (AvgIpc) is 1.58. The highest BCUT2D eigenvalue weighted by Gasteiger charge is 2.02. The summed E-state index contributed by atoms with van der Waals surface area (Å²) in [5.41, 5.74) is 5.28. The fraction of sp³-hybridized carbons (Fsp3) is 0.833. The van der Waals surface area contributed by atoms with Crippen LogP contribution in [-0.4, -0.2) is 41.2 Å². The van der Waals surface area contributed by atoms with Crippen LogP contribution in [0, 0.1) is 0 Å². The van der Waals surface area contributed by atoms with Crippen molar-refractivity contribution in [2.24, 2.45) is 5.73 Å². The highest BCUT2D eigenvalue weighted by molar-refractivity contribution is 7.80. The smallest absolute Gasteiger partial charge is 0.0869 e. The molecule has 0 fully saturated rings. The summed E-state index contributed by atoms with van der Waals surface area (Å²) < 4.78 is 0. The van der Waals surface area contributed by atoms with E-state index >= 15 is 0 Å². The van der Waals surface area contributed by atoms with E-state index in [0.29, 0.717) is 18.1 Å². The maximum atomic E-state index is 8.91. The fourth-order valence-electron chi connectivity index (χ4n) is 0.782. The van der Waals surface area contributed by atoms with E-state index < -0.39 is 0 Å². The highest BCUT2D eigenvalue weighted by Crippen LogP contribution is 1.86. The summed E-state index contributed by atoms with van der Waals surface area (Å²) in [6, 6.07) is 0. The fourth-order valence-corrected chi connectivity index (χ4v) is 1.00. The van der Waals surface area contributed by atoms with Crippen molar-refractivity contribution in [1.29, 1.82) is 0 Å². The molecule has 0 spiro atoms. The van der Waals surface area contributed by atoms with Gasteiger partial charge in [-0.1, -0.05) is 12.2 Å². The Bertz CT molecular complexity index is 116. The van der Waals surface area contributed by atoms with Crippen LogP contribution in [-0.2, 0) is 0 Å². The molecule has 0 saturated carbocycles. The monoisotopic (exact) mass is 162 g/mol. The summed E-state index contributed by atoms with van der Waals surface area (Å²) in [5.74, 6) is 0. The number of nitrogens with two attached hydrogens (primary N) is 1. The van der Waals surface area contributed by atoms with Crippen LogP contribution < -0.4 is 5.73 Å². The van der Waals surface area contributed by atoms with Gasteiger partial charge in [0.1, 0.15) is 0 Å². The van der Waals surface area contributed by atoms with Crippen molar-refractivity contribution in [1.82, 2.24) is 4.90 Å². The first-order valence-electron chi connectivity index (χ1n) is 3.17. The third kappa shape index (κ3) is 5.94. The number of likely N-dealkylation sites (N-methyl/N-ethyl adjacent to an activating group) is 1. The highest BCUT2D eigenvalue weighted by atomic mass is 32.1. The van der Waals surface area contributed by atoms with Gasteiger partial charge < -0.3 is 10.8 Å². The van der Waals surface area contributed by atoms with E-state index in [4.69, 9.17) is 10.8 Å². The molecule has 0 aliphatic heterocycles. The molecule has 60 valence electrons. The first-order valence-corrected chi connectivity index (χ1v) is 3.58. The lowest BCUT2D eigenvalue weighted by molar-refractivity contribution is 0.149. The quantitative estimate of drug-likeness (QED) is 0.552. The van der Waals surface area contributed by atoms with Crippen molar-refractivity contribution in [3.63, 3.8) is 0 Å². The van der Waals surface area contributed by atoms with Crippen LogP contribution >= 0.6 is 12.2 Å². The molecule has 0 bridgehead atoms. The second-order valence-electron chi connectivity index (χ2n) is 2.51. The Balaban J connectivity index is 3.43. The van der Waals surface area contributed by atoms with E-state index in [0.717, 1.165) is 0 Å². The summed E-state index contributed by atoms with van der Waals surface area (Å²) in [6.45, 7) is 2.91. The van der Waals surface area contributed by atoms with Gasteiger partial charge in [-0.25, -0.2) is 0 Å². The molecule has 4 heteroatoms. The topological polar surface area (TPSA) is 49.5 Å². The van der Waals surface area contributed by atoms with E-state index in [1.165, 1.54) is 0 Å². The van der Waals surface area contributed by atoms with Gasteiger partial charge in [-0.3, -0.25) is 4.90 Å². The minimum atomic E-state index is -0.320. The second kappa shape index (κ2) is 4.60. The minimum Gasteiger partial charge on any atom is -0.392 e. The van der Waals surface area contributed by atoms with Gasteiger partial charge in [-0.05, 0) is 14.0 Å². The van der Waals surface area contributed by atoms with Crippen molar-refractivity contribution in [2.75, 3.05) is 20.1 Å². The van der Waals surface area contributed by atoms with Gasteiger partial charge in [0.15, 0.2) is 0 Å². The second-order valence-corrected chi connectivity index (χ2v) is 3.04. The van der Waals surface area contributed by atoms with Crippen LogP contribution in [0.2, 0.25) is 0 Å². The summed E-state index contributed by atoms with van der Waals surface area (Å²) >= 11 is 4.68. The zero-order valence-electron chi connectivity index (χ0n) is 6.37. The number of hydrogen-bond acceptors (Lipinski definition) is 3. The number of hydrogen-bond donors (Lipinski definition) is 2. The van der Waals surface area contributed by atoms with Crippen molar-refractivity contribution < 1.29 is 5.11 Å². The van der Waals surface area contributed by atoms with Crippen LogP contribution in [0.4, 0.5) is 0 Å². The molecule has 0 rings (SSSR count). The number of nitrogens with zero attached hydrogens (tertiary/aromatic N) is 1. The predicted octanol–water partition coefficient (Wildman–Crippen LogP) is -0.415. The Morgan fingerprint density at radius 3 is 2.60 bits per heavy atom. The van der Waals surface area contributed by atoms with Crippen molar-refractivity contribution in [3.8, 4) is 0 Å². The first kappa shape index (κ1) is 9.81. The van der Waals surface area contributed by atoms with Gasteiger partial charge >= 0.3 is 0 Å². The van der Waals surface area contributed by atoms with Crippen LogP contribution in [0.5, 0.6) is 0 Å². The molecule has 0 heterocycles. The van der Waals surface area contributed by atoms with E-state index in [-0.39, 0.29) is 6.10 Å². The SMILES string of the molecule is CC(O)CN(C)CC(N)=S. The third-order valence-corrected chi connectivity index (χ3v) is 1.13. The zero-order valence-corrected chi connectivity index (χ0v) is 7.19. The van der Waals surface area contributed by atoms with Crippen LogP contribution in [0.25, 0.3) is 0 Å². The summed E-state index contributed by atoms with van der Waals surface area (Å²) in [4.78, 5) is 2.34. The molecule has 0 aliphatic carbocycles. The molecule has 0 aliphatic rings. The largest absolute Gasteiger partial charge is 0.392 e. The molecule has 0 aromatic carbocycles. The molecule has 0 amide bonds. The molecule has 0 saturated heterocycles. The van der Waals surface area contributed by atoms with Crippen molar-refractivity contribution in [3.05, 3.63) is 0 Å². The lowest BCUT2D eigenvalue weighted by atomic mass is 10.4. The lowest BCUT2D eigenvalue weighted by Crippen LogP contribution is -2.34. The standard InChI is InChI=1S/C6H14N2OS/c1-5(9)3-8(2)4-6(7)10/h5,9H,3-4H2,1-2H3,(H2,7,10). The van der Waals surface area contributed by atoms with Crippen molar-refractivity contribution >= 4 is 17.2 Å². The number of aliphatic hydroxyl groups is 1. The maximum Gasteiger partial charge on any atom is 0.0869 e. The minimum absolute atomic E-state index is 0.320. The Morgan fingerprint density at radius 1 is 1.80 bits per heavy atom. The molecule has 0 aromatic rings.